The summed E-state index contributed by atoms with van der Waals surface area (Å²) < 4.78 is 65.4. The molecule has 0 spiro atoms. The summed E-state index contributed by atoms with van der Waals surface area (Å²) in [6, 6.07) is 15.2. The molecule has 3 aromatic carbocycles. The van der Waals surface area contributed by atoms with Crippen molar-refractivity contribution >= 4 is 27.2 Å². The second-order valence-corrected chi connectivity index (χ2v) is 11.9. The molecule has 0 radical (unpaired) electrons. The number of ketones is 1. The van der Waals surface area contributed by atoms with Gasteiger partial charge in [0.2, 0.25) is 0 Å². The van der Waals surface area contributed by atoms with Gasteiger partial charge in [-0.15, -0.1) is 0 Å². The minimum Gasteiger partial charge on any atom is -0.299 e. The molecule has 3 nitrogen and oxygen atoms in total. The zero-order valence-corrected chi connectivity index (χ0v) is 21.9. The van der Waals surface area contributed by atoms with Crippen molar-refractivity contribution in [2.24, 2.45) is 5.92 Å². The number of alkyl halides is 3. The number of sulfone groups is 1. The Kier molecular flexibility index (Phi) is 8.67. The van der Waals surface area contributed by atoms with Crippen LogP contribution >= 0.6 is 11.6 Å². The normalized spacial score (nSPS) is 12.2. The van der Waals surface area contributed by atoms with E-state index in [2.05, 4.69) is 0 Å². The largest absolute Gasteiger partial charge is 0.417 e. The molecule has 0 unspecified atom stereocenters. The lowest BCUT2D eigenvalue weighted by Crippen LogP contribution is -2.09. The summed E-state index contributed by atoms with van der Waals surface area (Å²) in [5.74, 6) is 0.0905. The highest BCUT2D eigenvalue weighted by Crippen LogP contribution is 2.40. The van der Waals surface area contributed by atoms with Gasteiger partial charge >= 0.3 is 6.18 Å². The molecule has 8 heteroatoms. The molecule has 0 N–H and O–H groups in total. The van der Waals surface area contributed by atoms with E-state index in [1.165, 1.54) is 36.4 Å². The van der Waals surface area contributed by atoms with Crippen molar-refractivity contribution < 1.29 is 26.4 Å². The third-order valence-electron chi connectivity index (χ3n) is 5.82. The van der Waals surface area contributed by atoms with Crippen LogP contribution in [-0.4, -0.2) is 20.0 Å². The maximum Gasteiger partial charge on any atom is 0.417 e. The van der Waals surface area contributed by atoms with Gasteiger partial charge < -0.3 is 0 Å². The highest BCUT2D eigenvalue weighted by molar-refractivity contribution is 7.91. The van der Waals surface area contributed by atoms with E-state index >= 15 is 0 Å². The smallest absolute Gasteiger partial charge is 0.299 e. The molecule has 36 heavy (non-hydrogen) atoms. The Labute approximate surface area is 215 Å². The first-order valence-corrected chi connectivity index (χ1v) is 13.7. The zero-order chi connectivity index (χ0) is 26.7. The topological polar surface area (TPSA) is 51.2 Å². The van der Waals surface area contributed by atoms with E-state index in [9.17, 15) is 26.4 Å². The van der Waals surface area contributed by atoms with Crippen molar-refractivity contribution in [3.05, 3.63) is 87.9 Å². The number of carbonyl (C=O) groups excluding carboxylic acids is 1. The monoisotopic (exact) mass is 536 g/mol. The molecule has 0 aliphatic heterocycles. The van der Waals surface area contributed by atoms with Crippen LogP contribution in [0.15, 0.2) is 65.6 Å². The SMILES string of the molecule is CCS(=O)(=O)c1ccc(CC(=O)Cc2ccc(-c3ccc(CC(C)C)cc3C(F)(F)F)c(Cl)c2)cc1. The Bertz CT molecular complexity index is 1350. The van der Waals surface area contributed by atoms with E-state index in [0.717, 1.165) is 0 Å². The fourth-order valence-electron chi connectivity index (χ4n) is 4.05. The van der Waals surface area contributed by atoms with Gasteiger partial charge in [-0.1, -0.05) is 68.8 Å². The van der Waals surface area contributed by atoms with Crippen LogP contribution in [0.4, 0.5) is 13.2 Å². The maximum absolute atomic E-state index is 13.8. The highest BCUT2D eigenvalue weighted by Gasteiger charge is 2.34. The lowest BCUT2D eigenvalue weighted by atomic mass is 9.93. The van der Waals surface area contributed by atoms with Gasteiger partial charge in [-0.2, -0.15) is 13.2 Å². The molecular formula is C28H28ClF3O3S. The summed E-state index contributed by atoms with van der Waals surface area (Å²) in [5.41, 5.74) is 1.39. The van der Waals surface area contributed by atoms with Crippen LogP contribution in [0.1, 0.15) is 43.0 Å². The number of hydrogen-bond donors (Lipinski definition) is 0. The predicted molar refractivity (Wildman–Crippen MR) is 137 cm³/mol. The van der Waals surface area contributed by atoms with Gasteiger partial charge in [0, 0.05) is 23.4 Å². The lowest BCUT2D eigenvalue weighted by molar-refractivity contribution is -0.137. The molecule has 0 aliphatic rings. The molecular weight excluding hydrogens is 509 g/mol. The first-order valence-electron chi connectivity index (χ1n) is 11.6. The summed E-state index contributed by atoms with van der Waals surface area (Å²) in [6.07, 6.45) is -3.85. The first-order chi connectivity index (χ1) is 16.8. The van der Waals surface area contributed by atoms with Crippen LogP contribution in [-0.2, 0) is 40.1 Å². The Morgan fingerprint density at radius 2 is 1.42 bits per heavy atom. The number of rotatable bonds is 9. The Hall–Kier alpha value is -2.64. The summed E-state index contributed by atoms with van der Waals surface area (Å²) in [7, 11) is -3.31. The molecule has 3 aromatic rings. The molecule has 0 amide bonds. The van der Waals surface area contributed by atoms with E-state index in [-0.39, 0.29) is 51.3 Å². The van der Waals surface area contributed by atoms with Gasteiger partial charge in [0.1, 0.15) is 5.78 Å². The van der Waals surface area contributed by atoms with E-state index < -0.39 is 21.6 Å². The van der Waals surface area contributed by atoms with Crippen molar-refractivity contribution in [2.75, 3.05) is 5.75 Å². The molecule has 0 saturated heterocycles. The summed E-state index contributed by atoms with van der Waals surface area (Å²) in [6.45, 7) is 5.46. The van der Waals surface area contributed by atoms with Crippen molar-refractivity contribution in [1.82, 2.24) is 0 Å². The molecule has 0 heterocycles. The third kappa shape index (κ3) is 6.98. The number of Topliss-reactive ketones (excluding diaryl/α,β-unsaturated/α-hetero) is 1. The van der Waals surface area contributed by atoms with E-state index in [4.69, 9.17) is 11.6 Å². The van der Waals surface area contributed by atoms with E-state index in [0.29, 0.717) is 23.1 Å². The molecule has 3 rings (SSSR count). The average molecular weight is 537 g/mol. The van der Waals surface area contributed by atoms with Crippen molar-refractivity contribution in [2.45, 2.75) is 51.1 Å². The van der Waals surface area contributed by atoms with Crippen molar-refractivity contribution in [3.8, 4) is 11.1 Å². The van der Waals surface area contributed by atoms with Crippen LogP contribution in [0.2, 0.25) is 5.02 Å². The number of halogens is 4. The molecule has 0 bridgehead atoms. The lowest BCUT2D eigenvalue weighted by Gasteiger charge is -2.17. The summed E-state index contributed by atoms with van der Waals surface area (Å²) in [5, 5.41) is 0.136. The van der Waals surface area contributed by atoms with Gasteiger partial charge in [0.25, 0.3) is 0 Å². The maximum atomic E-state index is 13.8. The minimum absolute atomic E-state index is 0.00000367. The first kappa shape index (κ1) is 27.9. The number of hydrogen-bond acceptors (Lipinski definition) is 3. The Balaban J connectivity index is 1.79. The standard InChI is InChI=1S/C28H28ClF3O3S/c1-4-36(34,35)23-9-5-19(6-10-23)14-22(33)15-21-8-12-25(27(29)17-21)24-11-7-20(13-18(2)3)16-26(24)28(30,31)32/h5-12,16-18H,4,13-15H2,1-3H3. The van der Waals surface area contributed by atoms with Crippen LogP contribution in [0.5, 0.6) is 0 Å². The fraction of sp³-hybridized carbons (Fsp3) is 0.321. The molecule has 0 aliphatic carbocycles. The van der Waals surface area contributed by atoms with Crippen LogP contribution in [0, 0.1) is 5.92 Å². The second-order valence-electron chi connectivity index (χ2n) is 9.23. The number of benzene rings is 3. The number of carbonyl (C=O) groups is 1. The molecule has 0 fully saturated rings. The zero-order valence-electron chi connectivity index (χ0n) is 20.3. The molecule has 0 aromatic heterocycles. The van der Waals surface area contributed by atoms with Crippen molar-refractivity contribution in [1.29, 1.82) is 0 Å². The molecule has 0 saturated carbocycles. The van der Waals surface area contributed by atoms with Gasteiger partial charge in [-0.25, -0.2) is 8.42 Å². The van der Waals surface area contributed by atoms with E-state index in [1.807, 2.05) is 13.8 Å². The van der Waals surface area contributed by atoms with Crippen LogP contribution in [0.3, 0.4) is 0 Å². The molecule has 192 valence electrons. The summed E-state index contributed by atoms with van der Waals surface area (Å²) >= 11 is 6.39. The summed E-state index contributed by atoms with van der Waals surface area (Å²) in [4.78, 5) is 12.8. The Morgan fingerprint density at radius 1 is 0.861 bits per heavy atom. The van der Waals surface area contributed by atoms with Crippen LogP contribution in [0.25, 0.3) is 11.1 Å². The quantitative estimate of drug-likeness (QED) is 0.287. The highest BCUT2D eigenvalue weighted by atomic mass is 35.5. The van der Waals surface area contributed by atoms with Gasteiger partial charge in [0.05, 0.1) is 16.2 Å². The van der Waals surface area contributed by atoms with Gasteiger partial charge in [0.15, 0.2) is 9.84 Å². The predicted octanol–water partition coefficient (Wildman–Crippen LogP) is 7.37. The second kappa shape index (κ2) is 11.2. The third-order valence-corrected chi connectivity index (χ3v) is 7.89. The Morgan fingerprint density at radius 3 is 1.97 bits per heavy atom. The average Bonchev–Trinajstić information content (AvgIpc) is 2.79. The van der Waals surface area contributed by atoms with Gasteiger partial charge in [-0.3, -0.25) is 4.79 Å². The fourth-order valence-corrected chi connectivity index (χ4v) is 5.23. The van der Waals surface area contributed by atoms with Crippen LogP contribution < -0.4 is 0 Å². The molecule has 0 atom stereocenters. The van der Waals surface area contributed by atoms with E-state index in [1.54, 1.807) is 31.2 Å². The van der Waals surface area contributed by atoms with Gasteiger partial charge in [-0.05, 0) is 58.9 Å². The minimum atomic E-state index is -4.54. The van der Waals surface area contributed by atoms with Crippen molar-refractivity contribution in [3.63, 3.8) is 0 Å².